The highest BCUT2D eigenvalue weighted by Gasteiger charge is 2.50. The molecule has 136 valence electrons. The lowest BCUT2D eigenvalue weighted by Crippen LogP contribution is -2.65. The van der Waals surface area contributed by atoms with Crippen molar-refractivity contribution < 1.29 is 42.9 Å². The molecule has 24 heavy (non-hydrogen) atoms. The SMILES string of the molecule is CC(=O)OCC1OC(OC(C)=O)C(N)C(OC(C)=O)[C@@H]1OC(C)=O. The summed E-state index contributed by atoms with van der Waals surface area (Å²) in [5.74, 6) is -2.62. The first kappa shape index (κ1) is 19.8. The maximum absolute atomic E-state index is 11.3. The molecule has 0 saturated carbocycles. The Balaban J connectivity index is 3.08. The monoisotopic (exact) mass is 347 g/mol. The maximum atomic E-state index is 11.3. The lowest BCUT2D eigenvalue weighted by Gasteiger charge is -2.42. The zero-order valence-electron chi connectivity index (χ0n) is 13.8. The first-order chi connectivity index (χ1) is 11.1. The van der Waals surface area contributed by atoms with Crippen molar-refractivity contribution in [2.75, 3.05) is 6.61 Å². The molecule has 10 heteroatoms. The van der Waals surface area contributed by atoms with E-state index in [9.17, 15) is 19.2 Å². The topological polar surface area (TPSA) is 140 Å². The first-order valence-electron chi connectivity index (χ1n) is 7.18. The second kappa shape index (κ2) is 8.60. The summed E-state index contributed by atoms with van der Waals surface area (Å²) >= 11 is 0. The number of hydrogen-bond donors (Lipinski definition) is 1. The molecule has 1 heterocycles. The predicted octanol–water partition coefficient (Wildman–Crippen LogP) is -0.972. The molecule has 0 amide bonds. The van der Waals surface area contributed by atoms with Crippen LogP contribution in [0.15, 0.2) is 0 Å². The molecule has 1 aliphatic rings. The summed E-state index contributed by atoms with van der Waals surface area (Å²) < 4.78 is 25.5. The summed E-state index contributed by atoms with van der Waals surface area (Å²) in [5.41, 5.74) is 5.93. The minimum Gasteiger partial charge on any atom is -0.463 e. The quantitative estimate of drug-likeness (QED) is 0.487. The minimum absolute atomic E-state index is 0.310. The van der Waals surface area contributed by atoms with E-state index in [4.69, 9.17) is 29.4 Å². The van der Waals surface area contributed by atoms with Crippen molar-refractivity contribution in [1.29, 1.82) is 0 Å². The van der Waals surface area contributed by atoms with Gasteiger partial charge in [-0.15, -0.1) is 0 Å². The summed E-state index contributed by atoms with van der Waals surface area (Å²) in [6, 6.07) is -1.10. The number of carbonyl (C=O) groups is 4. The summed E-state index contributed by atoms with van der Waals surface area (Å²) in [7, 11) is 0. The smallest absolute Gasteiger partial charge is 0.304 e. The van der Waals surface area contributed by atoms with Gasteiger partial charge in [-0.2, -0.15) is 0 Å². The lowest BCUT2D eigenvalue weighted by atomic mass is 9.97. The Labute approximate surface area is 138 Å². The number of hydrogen-bond acceptors (Lipinski definition) is 10. The van der Waals surface area contributed by atoms with Gasteiger partial charge in [0.05, 0.1) is 0 Å². The van der Waals surface area contributed by atoms with Crippen LogP contribution in [0.2, 0.25) is 0 Å². The first-order valence-corrected chi connectivity index (χ1v) is 7.18. The summed E-state index contributed by atoms with van der Waals surface area (Å²) in [4.78, 5) is 44.9. The number of nitrogens with two attached hydrogens (primary N) is 1. The summed E-state index contributed by atoms with van der Waals surface area (Å²) in [6.07, 6.45) is -4.58. The molecular formula is C14H21NO9. The van der Waals surface area contributed by atoms with Crippen LogP contribution >= 0.6 is 0 Å². The van der Waals surface area contributed by atoms with E-state index in [1.807, 2.05) is 0 Å². The van der Waals surface area contributed by atoms with Crippen molar-refractivity contribution >= 4 is 23.9 Å². The van der Waals surface area contributed by atoms with Gasteiger partial charge in [0.15, 0.2) is 12.2 Å². The molecule has 1 saturated heterocycles. The van der Waals surface area contributed by atoms with Crippen molar-refractivity contribution in [1.82, 2.24) is 0 Å². The van der Waals surface area contributed by atoms with Crippen LogP contribution in [0, 0.1) is 0 Å². The molecule has 0 spiro atoms. The molecular weight excluding hydrogens is 326 g/mol. The zero-order valence-corrected chi connectivity index (χ0v) is 13.8. The van der Waals surface area contributed by atoms with E-state index in [1.165, 1.54) is 6.92 Å². The molecule has 10 nitrogen and oxygen atoms in total. The zero-order chi connectivity index (χ0) is 18.4. The highest BCUT2D eigenvalue weighted by atomic mass is 16.7. The molecule has 0 radical (unpaired) electrons. The third-order valence-corrected chi connectivity index (χ3v) is 3.03. The van der Waals surface area contributed by atoms with Crippen molar-refractivity contribution in [3.8, 4) is 0 Å². The van der Waals surface area contributed by atoms with Crippen LogP contribution in [0.4, 0.5) is 0 Å². The Morgan fingerprint density at radius 2 is 1.33 bits per heavy atom. The average molecular weight is 347 g/mol. The number of rotatable bonds is 5. The van der Waals surface area contributed by atoms with Gasteiger partial charge in [-0.05, 0) is 0 Å². The normalized spacial score (nSPS) is 29.3. The minimum atomic E-state index is -1.26. The molecule has 1 aliphatic heterocycles. The molecule has 0 aromatic carbocycles. The largest absolute Gasteiger partial charge is 0.463 e. The molecule has 0 bridgehead atoms. The van der Waals surface area contributed by atoms with Crippen LogP contribution in [0.5, 0.6) is 0 Å². The fourth-order valence-corrected chi connectivity index (χ4v) is 2.20. The van der Waals surface area contributed by atoms with Gasteiger partial charge in [0.1, 0.15) is 18.8 Å². The number of esters is 4. The Morgan fingerprint density at radius 3 is 1.79 bits per heavy atom. The van der Waals surface area contributed by atoms with Crippen LogP contribution in [-0.2, 0) is 42.9 Å². The highest BCUT2D eigenvalue weighted by Crippen LogP contribution is 2.26. The van der Waals surface area contributed by atoms with Gasteiger partial charge in [0.25, 0.3) is 0 Å². The summed E-state index contributed by atoms with van der Waals surface area (Å²) in [6.45, 7) is 4.32. The van der Waals surface area contributed by atoms with E-state index in [0.29, 0.717) is 0 Å². The third-order valence-electron chi connectivity index (χ3n) is 3.03. The Hall–Kier alpha value is -2.20. The van der Waals surface area contributed by atoms with E-state index in [2.05, 4.69) is 0 Å². The Kier molecular flexibility index (Phi) is 7.11. The third kappa shape index (κ3) is 5.78. The fraction of sp³-hybridized carbons (Fsp3) is 0.714. The molecule has 1 fully saturated rings. The molecule has 0 aromatic heterocycles. The van der Waals surface area contributed by atoms with Crippen molar-refractivity contribution in [2.24, 2.45) is 5.73 Å². The van der Waals surface area contributed by atoms with Crippen LogP contribution < -0.4 is 5.73 Å². The van der Waals surface area contributed by atoms with E-state index < -0.39 is 54.5 Å². The van der Waals surface area contributed by atoms with E-state index in [-0.39, 0.29) is 6.61 Å². The van der Waals surface area contributed by atoms with Gasteiger partial charge in [-0.1, -0.05) is 0 Å². The molecule has 5 atom stereocenters. The van der Waals surface area contributed by atoms with E-state index in [1.54, 1.807) is 0 Å². The number of ether oxygens (including phenoxy) is 5. The number of carbonyl (C=O) groups excluding carboxylic acids is 4. The Bertz CT molecular complexity index is 490. The molecule has 0 aromatic rings. The summed E-state index contributed by atoms with van der Waals surface area (Å²) in [5, 5.41) is 0. The lowest BCUT2D eigenvalue weighted by molar-refractivity contribution is -0.267. The van der Waals surface area contributed by atoms with Crippen LogP contribution in [0.3, 0.4) is 0 Å². The molecule has 4 unspecified atom stereocenters. The van der Waals surface area contributed by atoms with Gasteiger partial charge in [0.2, 0.25) is 6.29 Å². The highest BCUT2D eigenvalue weighted by molar-refractivity contribution is 5.68. The molecule has 2 N–H and O–H groups in total. The Morgan fingerprint density at radius 1 is 0.833 bits per heavy atom. The fourth-order valence-electron chi connectivity index (χ4n) is 2.20. The predicted molar refractivity (Wildman–Crippen MR) is 76.1 cm³/mol. The van der Waals surface area contributed by atoms with Crippen molar-refractivity contribution in [2.45, 2.75) is 58.3 Å². The van der Waals surface area contributed by atoms with Crippen LogP contribution in [0.25, 0.3) is 0 Å². The van der Waals surface area contributed by atoms with Crippen LogP contribution in [0.1, 0.15) is 27.7 Å². The average Bonchev–Trinajstić information content (AvgIpc) is 2.42. The van der Waals surface area contributed by atoms with Crippen LogP contribution in [-0.4, -0.2) is 61.1 Å². The standard InChI is InChI=1S/C14H21NO9/c1-6(16)20-5-10-12(21-7(2)17)13(22-8(3)18)11(15)14(24-10)23-9(4)19/h10-14H,5,15H2,1-4H3/t10?,11?,12-,13?,14?/m1/s1. The van der Waals surface area contributed by atoms with Gasteiger partial charge in [-0.3, -0.25) is 19.2 Å². The molecule has 0 aliphatic carbocycles. The van der Waals surface area contributed by atoms with E-state index >= 15 is 0 Å². The van der Waals surface area contributed by atoms with Crippen molar-refractivity contribution in [3.63, 3.8) is 0 Å². The van der Waals surface area contributed by atoms with Gasteiger partial charge < -0.3 is 29.4 Å². The molecule has 1 rings (SSSR count). The second-order valence-electron chi connectivity index (χ2n) is 5.18. The maximum Gasteiger partial charge on any atom is 0.304 e. The van der Waals surface area contributed by atoms with Gasteiger partial charge in [0, 0.05) is 27.7 Å². The second-order valence-corrected chi connectivity index (χ2v) is 5.18. The van der Waals surface area contributed by atoms with Gasteiger partial charge in [-0.25, -0.2) is 0 Å². The van der Waals surface area contributed by atoms with Gasteiger partial charge >= 0.3 is 23.9 Å². The van der Waals surface area contributed by atoms with E-state index in [0.717, 1.165) is 20.8 Å². The van der Waals surface area contributed by atoms with Crippen molar-refractivity contribution in [3.05, 3.63) is 0 Å².